The zero-order valence-corrected chi connectivity index (χ0v) is 17.8. The van der Waals surface area contributed by atoms with Crippen LogP contribution in [0.5, 0.6) is 0 Å². The molecule has 2 aliphatic rings. The van der Waals surface area contributed by atoms with Gasteiger partial charge >= 0.3 is 0 Å². The first-order chi connectivity index (χ1) is 13.2. The van der Waals surface area contributed by atoms with Crippen LogP contribution in [0.3, 0.4) is 0 Å². The molecule has 152 valence electrons. The Kier molecular flexibility index (Phi) is 7.74. The van der Waals surface area contributed by atoms with E-state index in [0.717, 1.165) is 50.9 Å². The van der Waals surface area contributed by atoms with Gasteiger partial charge in [-0.3, -0.25) is 0 Å². The maximum Gasteiger partial charge on any atom is 0.224 e. The van der Waals surface area contributed by atoms with Crippen molar-refractivity contribution in [3.05, 3.63) is 11.3 Å². The van der Waals surface area contributed by atoms with Gasteiger partial charge in [0.05, 0.1) is 5.69 Å². The van der Waals surface area contributed by atoms with E-state index in [1.165, 1.54) is 68.6 Å². The quantitative estimate of drug-likeness (QED) is 0.705. The van der Waals surface area contributed by atoms with Gasteiger partial charge in [-0.15, -0.1) is 0 Å². The van der Waals surface area contributed by atoms with Crippen LogP contribution in [0, 0.1) is 5.92 Å². The first-order valence-corrected chi connectivity index (χ1v) is 11.3. The number of anilines is 2. The molecule has 1 aliphatic carbocycles. The summed E-state index contributed by atoms with van der Waals surface area (Å²) in [6.07, 6.45) is 11.3. The summed E-state index contributed by atoms with van der Waals surface area (Å²) in [6, 6.07) is 0. The SMILES string of the molecule is CCC(CC)CN(C)CCNc1nc2c(c(N3CCCCCC3)n1)CCC2. The van der Waals surface area contributed by atoms with Gasteiger partial charge in [0.25, 0.3) is 0 Å². The fraction of sp³-hybridized carbons (Fsp3) is 0.818. The van der Waals surface area contributed by atoms with Gasteiger partial charge in [-0.2, -0.15) is 4.98 Å². The Hall–Kier alpha value is -1.36. The average molecular weight is 374 g/mol. The minimum absolute atomic E-state index is 0.806. The first-order valence-electron chi connectivity index (χ1n) is 11.3. The van der Waals surface area contributed by atoms with E-state index in [4.69, 9.17) is 9.97 Å². The highest BCUT2D eigenvalue weighted by Crippen LogP contribution is 2.31. The van der Waals surface area contributed by atoms with E-state index in [0.29, 0.717) is 0 Å². The van der Waals surface area contributed by atoms with E-state index in [-0.39, 0.29) is 0 Å². The average Bonchev–Trinajstić information content (AvgIpc) is 2.98. The lowest BCUT2D eigenvalue weighted by atomic mass is 10.0. The molecule has 1 N–H and O–H groups in total. The number of rotatable bonds is 9. The van der Waals surface area contributed by atoms with Gasteiger partial charge in [0.15, 0.2) is 0 Å². The first kappa shape index (κ1) is 20.4. The summed E-state index contributed by atoms with van der Waals surface area (Å²) < 4.78 is 0. The van der Waals surface area contributed by atoms with Crippen LogP contribution in [-0.2, 0) is 12.8 Å². The number of nitrogens with zero attached hydrogens (tertiary/aromatic N) is 4. The molecule has 0 amide bonds. The van der Waals surface area contributed by atoms with E-state index in [9.17, 15) is 0 Å². The summed E-state index contributed by atoms with van der Waals surface area (Å²) in [4.78, 5) is 14.8. The van der Waals surface area contributed by atoms with Crippen LogP contribution in [-0.4, -0.2) is 54.6 Å². The van der Waals surface area contributed by atoms with Crippen LogP contribution < -0.4 is 10.2 Å². The van der Waals surface area contributed by atoms with Crippen LogP contribution in [0.4, 0.5) is 11.8 Å². The molecule has 1 aliphatic heterocycles. The molecule has 0 spiro atoms. The Bertz CT molecular complexity index is 576. The predicted molar refractivity (Wildman–Crippen MR) is 115 cm³/mol. The molecule has 1 aromatic rings. The zero-order chi connectivity index (χ0) is 19.1. The van der Waals surface area contributed by atoms with Gasteiger partial charge in [-0.1, -0.05) is 39.5 Å². The van der Waals surface area contributed by atoms with Crippen LogP contribution in [0.2, 0.25) is 0 Å². The summed E-state index contributed by atoms with van der Waals surface area (Å²) >= 11 is 0. The summed E-state index contributed by atoms with van der Waals surface area (Å²) in [5, 5.41) is 3.52. The van der Waals surface area contributed by atoms with E-state index in [1.807, 2.05) is 0 Å². The zero-order valence-electron chi connectivity index (χ0n) is 17.8. The number of aryl methyl sites for hydroxylation is 1. The fourth-order valence-electron chi connectivity index (χ4n) is 4.47. The number of likely N-dealkylation sites (N-methyl/N-ethyl adjacent to an activating group) is 1. The molecule has 27 heavy (non-hydrogen) atoms. The fourth-order valence-corrected chi connectivity index (χ4v) is 4.47. The third kappa shape index (κ3) is 5.56. The Balaban J connectivity index is 1.61. The molecule has 0 saturated carbocycles. The van der Waals surface area contributed by atoms with Crippen LogP contribution in [0.25, 0.3) is 0 Å². The normalized spacial score (nSPS) is 17.4. The van der Waals surface area contributed by atoms with Crippen molar-refractivity contribution in [3.63, 3.8) is 0 Å². The largest absolute Gasteiger partial charge is 0.356 e. The van der Waals surface area contributed by atoms with Crippen molar-refractivity contribution in [2.75, 3.05) is 50.0 Å². The van der Waals surface area contributed by atoms with Crippen molar-refractivity contribution < 1.29 is 0 Å². The number of hydrogen-bond acceptors (Lipinski definition) is 5. The Labute approximate surface area is 165 Å². The van der Waals surface area contributed by atoms with E-state index < -0.39 is 0 Å². The van der Waals surface area contributed by atoms with Crippen molar-refractivity contribution in [2.24, 2.45) is 5.92 Å². The molecular formula is C22H39N5. The van der Waals surface area contributed by atoms with Crippen LogP contribution >= 0.6 is 0 Å². The molecule has 0 atom stereocenters. The molecule has 1 fully saturated rings. The van der Waals surface area contributed by atoms with Gasteiger partial charge in [-0.05, 0) is 45.1 Å². The van der Waals surface area contributed by atoms with E-state index in [2.05, 4.69) is 36.0 Å². The molecule has 1 saturated heterocycles. The third-order valence-electron chi connectivity index (χ3n) is 6.32. The van der Waals surface area contributed by atoms with Gasteiger partial charge in [0.2, 0.25) is 5.95 Å². The van der Waals surface area contributed by atoms with Gasteiger partial charge in [0.1, 0.15) is 5.82 Å². The highest BCUT2D eigenvalue weighted by molar-refractivity contribution is 5.54. The van der Waals surface area contributed by atoms with Crippen molar-refractivity contribution in [1.82, 2.24) is 14.9 Å². The second kappa shape index (κ2) is 10.3. The number of aromatic nitrogens is 2. The summed E-state index contributed by atoms with van der Waals surface area (Å²) in [7, 11) is 2.23. The van der Waals surface area contributed by atoms with Gasteiger partial charge < -0.3 is 15.1 Å². The molecule has 1 aromatic heterocycles. The van der Waals surface area contributed by atoms with E-state index >= 15 is 0 Å². The molecule has 3 rings (SSSR count). The standard InChI is InChI=1S/C22H39N5/c1-4-18(5-2)17-26(3)16-13-23-22-24-20-12-10-11-19(20)21(25-22)27-14-8-6-7-9-15-27/h18H,4-17H2,1-3H3,(H,23,24,25). The number of hydrogen-bond donors (Lipinski definition) is 1. The molecule has 0 bridgehead atoms. The highest BCUT2D eigenvalue weighted by Gasteiger charge is 2.23. The molecule has 0 aromatic carbocycles. The highest BCUT2D eigenvalue weighted by atomic mass is 15.2. The maximum absolute atomic E-state index is 4.99. The van der Waals surface area contributed by atoms with Crippen LogP contribution in [0.1, 0.15) is 70.1 Å². The summed E-state index contributed by atoms with van der Waals surface area (Å²) in [6.45, 7) is 10.0. The minimum Gasteiger partial charge on any atom is -0.356 e. The molecule has 5 nitrogen and oxygen atoms in total. The molecule has 2 heterocycles. The minimum atomic E-state index is 0.806. The summed E-state index contributed by atoms with van der Waals surface area (Å²) in [5.74, 6) is 2.87. The molecule has 0 radical (unpaired) electrons. The van der Waals surface area contributed by atoms with Crippen molar-refractivity contribution in [1.29, 1.82) is 0 Å². The number of nitrogens with one attached hydrogen (secondary N) is 1. The predicted octanol–water partition coefficient (Wildman–Crippen LogP) is 4.13. The lowest BCUT2D eigenvalue weighted by Gasteiger charge is -2.25. The third-order valence-corrected chi connectivity index (χ3v) is 6.32. The topological polar surface area (TPSA) is 44.3 Å². The van der Waals surface area contributed by atoms with E-state index in [1.54, 1.807) is 0 Å². The summed E-state index contributed by atoms with van der Waals surface area (Å²) in [5.41, 5.74) is 2.71. The molecular weight excluding hydrogens is 334 g/mol. The lowest BCUT2D eigenvalue weighted by molar-refractivity contribution is 0.275. The van der Waals surface area contributed by atoms with Gasteiger partial charge in [-0.25, -0.2) is 4.98 Å². The van der Waals surface area contributed by atoms with Gasteiger partial charge in [0, 0.05) is 38.3 Å². The number of fused-ring (bicyclic) bond motifs is 1. The molecule has 5 heteroatoms. The van der Waals surface area contributed by atoms with Crippen molar-refractivity contribution in [2.45, 2.75) is 71.6 Å². The van der Waals surface area contributed by atoms with Crippen molar-refractivity contribution >= 4 is 11.8 Å². The Morgan fingerprint density at radius 1 is 1.00 bits per heavy atom. The molecule has 0 unspecified atom stereocenters. The second-order valence-corrected chi connectivity index (χ2v) is 8.42. The monoisotopic (exact) mass is 373 g/mol. The maximum atomic E-state index is 4.99. The Morgan fingerprint density at radius 2 is 1.74 bits per heavy atom. The smallest absolute Gasteiger partial charge is 0.224 e. The lowest BCUT2D eigenvalue weighted by Crippen LogP contribution is -2.30. The second-order valence-electron chi connectivity index (χ2n) is 8.42. The van der Waals surface area contributed by atoms with Crippen LogP contribution in [0.15, 0.2) is 0 Å². The Morgan fingerprint density at radius 3 is 2.44 bits per heavy atom. The van der Waals surface area contributed by atoms with Crippen molar-refractivity contribution in [3.8, 4) is 0 Å².